The van der Waals surface area contributed by atoms with Gasteiger partial charge in [0.2, 0.25) is 0 Å². The third-order valence-electron chi connectivity index (χ3n) is 5.22. The molecule has 3 aliphatic carbocycles. The van der Waals surface area contributed by atoms with E-state index in [9.17, 15) is 14.7 Å². The summed E-state index contributed by atoms with van der Waals surface area (Å²) >= 11 is 0. The number of carbonyl (C=O) groups is 2. The van der Waals surface area contributed by atoms with Crippen LogP contribution in [0.15, 0.2) is 24.3 Å². The first kappa shape index (κ1) is 16.8. The summed E-state index contributed by atoms with van der Waals surface area (Å²) in [6.45, 7) is 7.34. The highest BCUT2D eigenvalue weighted by Crippen LogP contribution is 2.75. The Kier molecular flexibility index (Phi) is 3.66. The van der Waals surface area contributed by atoms with Crippen LogP contribution in [0.25, 0.3) is 0 Å². The number of nitrogens with one attached hydrogen (secondary N) is 1. The summed E-state index contributed by atoms with van der Waals surface area (Å²) in [5.74, 6) is -0.988. The molecule has 5 nitrogen and oxygen atoms in total. The smallest absolute Gasteiger partial charge is 0.408 e. The molecule has 24 heavy (non-hydrogen) atoms. The molecule has 0 aliphatic heterocycles. The number of aliphatic carboxylic acids is 1. The second kappa shape index (κ2) is 5.23. The van der Waals surface area contributed by atoms with E-state index in [0.29, 0.717) is 0 Å². The van der Waals surface area contributed by atoms with E-state index in [1.165, 1.54) is 11.1 Å². The maximum absolute atomic E-state index is 12.0. The van der Waals surface area contributed by atoms with Crippen LogP contribution in [0.5, 0.6) is 0 Å². The molecule has 1 unspecified atom stereocenters. The third kappa shape index (κ3) is 2.76. The molecule has 1 atom stereocenters. The Bertz CT molecular complexity index is 669. The van der Waals surface area contributed by atoms with Crippen LogP contribution >= 0.6 is 0 Å². The van der Waals surface area contributed by atoms with E-state index in [-0.39, 0.29) is 10.8 Å². The number of carbonyl (C=O) groups excluding carboxylic acids is 1. The predicted octanol–water partition coefficient (Wildman–Crippen LogP) is 3.39. The molecule has 4 rings (SSSR count). The summed E-state index contributed by atoms with van der Waals surface area (Å²) in [6.07, 6.45) is 1.74. The van der Waals surface area contributed by atoms with Gasteiger partial charge in [0.05, 0.1) is 0 Å². The summed E-state index contributed by atoms with van der Waals surface area (Å²) in [7, 11) is 0. The van der Waals surface area contributed by atoms with Crippen molar-refractivity contribution in [2.45, 2.75) is 64.0 Å². The highest BCUT2D eigenvalue weighted by Gasteiger charge is 2.72. The number of aryl methyl sites for hydroxylation is 1. The van der Waals surface area contributed by atoms with Crippen LogP contribution in [0.2, 0.25) is 0 Å². The van der Waals surface area contributed by atoms with Crippen molar-refractivity contribution in [3.8, 4) is 0 Å². The molecule has 0 spiro atoms. The second-order valence-electron chi connectivity index (χ2n) is 8.46. The molecule has 0 aromatic heterocycles. The van der Waals surface area contributed by atoms with Gasteiger partial charge in [-0.2, -0.15) is 0 Å². The number of amides is 1. The van der Waals surface area contributed by atoms with E-state index in [1.807, 2.05) is 6.07 Å². The number of ether oxygens (including phenoxy) is 1. The van der Waals surface area contributed by atoms with Crippen LogP contribution in [-0.2, 0) is 14.9 Å². The Hall–Kier alpha value is -2.04. The monoisotopic (exact) mass is 331 g/mol. The van der Waals surface area contributed by atoms with Crippen LogP contribution in [-0.4, -0.2) is 28.8 Å². The minimum Gasteiger partial charge on any atom is -0.480 e. The molecule has 3 saturated carbocycles. The molecule has 2 N–H and O–H groups in total. The maximum atomic E-state index is 12.0. The van der Waals surface area contributed by atoms with Gasteiger partial charge in [0.15, 0.2) is 0 Å². The van der Waals surface area contributed by atoms with Crippen molar-refractivity contribution in [1.82, 2.24) is 5.32 Å². The SMILES string of the molecule is Cc1cccc(C23CC(C(NC(=O)OC(C)(C)C)C(=O)O)(C2)C3)c1. The quantitative estimate of drug-likeness (QED) is 0.887. The Labute approximate surface area is 142 Å². The van der Waals surface area contributed by atoms with Gasteiger partial charge in [0, 0.05) is 5.41 Å². The number of carboxylic acid groups (broad SMARTS) is 1. The fourth-order valence-electron chi connectivity index (χ4n) is 4.36. The van der Waals surface area contributed by atoms with Gasteiger partial charge in [-0.15, -0.1) is 0 Å². The van der Waals surface area contributed by atoms with E-state index in [0.717, 1.165) is 19.3 Å². The van der Waals surface area contributed by atoms with Gasteiger partial charge in [0.25, 0.3) is 0 Å². The normalized spacial score (nSPS) is 29.0. The Morgan fingerprint density at radius 3 is 2.38 bits per heavy atom. The van der Waals surface area contributed by atoms with Crippen molar-refractivity contribution in [1.29, 1.82) is 0 Å². The zero-order chi connectivity index (χ0) is 17.8. The van der Waals surface area contributed by atoms with Crippen molar-refractivity contribution in [3.63, 3.8) is 0 Å². The summed E-state index contributed by atoms with van der Waals surface area (Å²) in [5, 5.41) is 12.1. The van der Waals surface area contributed by atoms with Crippen molar-refractivity contribution in [3.05, 3.63) is 35.4 Å². The van der Waals surface area contributed by atoms with E-state index >= 15 is 0 Å². The predicted molar refractivity (Wildman–Crippen MR) is 89.9 cm³/mol. The minimum absolute atomic E-state index is 0.0926. The average Bonchev–Trinajstić information content (AvgIpc) is 2.32. The molecule has 0 radical (unpaired) electrons. The highest BCUT2D eigenvalue weighted by molar-refractivity contribution is 5.82. The summed E-state index contributed by atoms with van der Waals surface area (Å²) in [5.41, 5.74) is 1.61. The number of hydrogen-bond donors (Lipinski definition) is 2. The molecule has 0 heterocycles. The molecule has 5 heteroatoms. The maximum Gasteiger partial charge on any atom is 0.408 e. The lowest BCUT2D eigenvalue weighted by Gasteiger charge is -2.72. The topological polar surface area (TPSA) is 75.6 Å². The molecule has 1 amide bonds. The van der Waals surface area contributed by atoms with Gasteiger partial charge in [0.1, 0.15) is 11.6 Å². The molecule has 1 aromatic rings. The van der Waals surface area contributed by atoms with Crippen molar-refractivity contribution in [2.75, 3.05) is 0 Å². The van der Waals surface area contributed by atoms with Crippen molar-refractivity contribution < 1.29 is 19.4 Å². The number of carboxylic acids is 1. The largest absolute Gasteiger partial charge is 0.480 e. The Morgan fingerprint density at radius 1 is 1.25 bits per heavy atom. The fourth-order valence-corrected chi connectivity index (χ4v) is 4.36. The first-order chi connectivity index (χ1) is 11.1. The molecule has 0 saturated heterocycles. The summed E-state index contributed by atoms with van der Waals surface area (Å²) < 4.78 is 5.21. The molecule has 3 aliphatic rings. The van der Waals surface area contributed by atoms with E-state index in [1.54, 1.807) is 20.8 Å². The van der Waals surface area contributed by atoms with Crippen molar-refractivity contribution in [2.24, 2.45) is 5.41 Å². The van der Waals surface area contributed by atoms with Gasteiger partial charge < -0.3 is 15.2 Å². The van der Waals surface area contributed by atoms with Gasteiger partial charge in [-0.05, 0) is 57.9 Å². The van der Waals surface area contributed by atoms with Gasteiger partial charge in [-0.25, -0.2) is 9.59 Å². The number of benzene rings is 1. The standard InChI is InChI=1S/C19H25NO4/c1-12-6-5-7-13(8-12)18-9-19(10-18,11-18)14(15(21)22)20-16(23)24-17(2,3)4/h5-8,14H,9-11H2,1-4H3,(H,20,23)(H,21,22). The van der Waals surface area contributed by atoms with E-state index in [2.05, 4.69) is 30.4 Å². The van der Waals surface area contributed by atoms with Crippen LogP contribution in [0.3, 0.4) is 0 Å². The van der Waals surface area contributed by atoms with Crippen molar-refractivity contribution >= 4 is 12.1 Å². The van der Waals surface area contributed by atoms with Gasteiger partial charge >= 0.3 is 12.1 Å². The van der Waals surface area contributed by atoms with Gasteiger partial charge in [-0.3, -0.25) is 0 Å². The lowest BCUT2D eigenvalue weighted by Crippen LogP contribution is -2.73. The molecule has 1 aromatic carbocycles. The van der Waals surface area contributed by atoms with Crippen LogP contribution < -0.4 is 5.32 Å². The Morgan fingerprint density at radius 2 is 1.88 bits per heavy atom. The number of rotatable bonds is 4. The molecule has 130 valence electrons. The lowest BCUT2D eigenvalue weighted by molar-refractivity contribution is -0.183. The molecular weight excluding hydrogens is 306 g/mol. The highest BCUT2D eigenvalue weighted by atomic mass is 16.6. The first-order valence-electron chi connectivity index (χ1n) is 8.35. The van der Waals surface area contributed by atoms with Gasteiger partial charge in [-0.1, -0.05) is 29.8 Å². The number of alkyl carbamates (subject to hydrolysis) is 1. The third-order valence-corrected chi connectivity index (χ3v) is 5.22. The zero-order valence-corrected chi connectivity index (χ0v) is 14.7. The van der Waals surface area contributed by atoms with E-state index in [4.69, 9.17) is 4.74 Å². The second-order valence-corrected chi connectivity index (χ2v) is 8.46. The van der Waals surface area contributed by atoms with Crippen LogP contribution in [0.1, 0.15) is 51.2 Å². The summed E-state index contributed by atoms with van der Waals surface area (Å²) in [6, 6.07) is 7.52. The van der Waals surface area contributed by atoms with E-state index < -0.39 is 23.7 Å². The molecule has 2 bridgehead atoms. The van der Waals surface area contributed by atoms with Crippen LogP contribution in [0.4, 0.5) is 4.79 Å². The molecule has 3 fully saturated rings. The summed E-state index contributed by atoms with van der Waals surface area (Å²) in [4.78, 5) is 23.7. The molecular formula is C19H25NO4. The lowest BCUT2D eigenvalue weighted by atomic mass is 9.31. The number of hydrogen-bond acceptors (Lipinski definition) is 3. The minimum atomic E-state index is -0.988. The fraction of sp³-hybridized carbons (Fsp3) is 0.579. The average molecular weight is 331 g/mol. The van der Waals surface area contributed by atoms with Crippen LogP contribution in [0, 0.1) is 12.3 Å². The first-order valence-corrected chi connectivity index (χ1v) is 8.35. The zero-order valence-electron chi connectivity index (χ0n) is 14.7. The Balaban J connectivity index is 1.68.